The summed E-state index contributed by atoms with van der Waals surface area (Å²) < 4.78 is 1.10. The second-order valence-electron chi connectivity index (χ2n) is 3.89. The Morgan fingerprint density at radius 3 is 2.61 bits per heavy atom. The van der Waals surface area contributed by atoms with E-state index in [1.165, 1.54) is 5.56 Å². The molecule has 2 aromatic rings. The summed E-state index contributed by atoms with van der Waals surface area (Å²) in [4.78, 5) is 8.41. The van der Waals surface area contributed by atoms with Gasteiger partial charge in [-0.05, 0) is 18.6 Å². The van der Waals surface area contributed by atoms with Gasteiger partial charge in [-0.15, -0.1) is 0 Å². The summed E-state index contributed by atoms with van der Waals surface area (Å²) >= 11 is 3.53. The first-order chi connectivity index (χ1) is 8.72. The Bertz CT molecular complexity index is 542. The summed E-state index contributed by atoms with van der Waals surface area (Å²) in [6.07, 6.45) is 1.56. The molecule has 0 amide bonds. The maximum Gasteiger partial charge on any atom is 0.134 e. The van der Waals surface area contributed by atoms with Crippen molar-refractivity contribution >= 4 is 27.6 Å². The highest BCUT2D eigenvalue weighted by molar-refractivity contribution is 9.10. The van der Waals surface area contributed by atoms with E-state index in [9.17, 15) is 0 Å². The average molecular weight is 307 g/mol. The summed E-state index contributed by atoms with van der Waals surface area (Å²) in [5.74, 6) is 1.70. The maximum absolute atomic E-state index is 4.25. The third-order valence-electron chi connectivity index (χ3n) is 2.73. The Kier molecular flexibility index (Phi) is 4.15. The number of nitrogens with one attached hydrogen (secondary N) is 2. The van der Waals surface area contributed by atoms with Crippen LogP contribution in [0.5, 0.6) is 0 Å². The van der Waals surface area contributed by atoms with Crippen LogP contribution < -0.4 is 10.6 Å². The quantitative estimate of drug-likeness (QED) is 0.911. The molecule has 0 aliphatic rings. The highest BCUT2D eigenvalue weighted by Crippen LogP contribution is 2.20. The minimum absolute atomic E-state index is 0.725. The van der Waals surface area contributed by atoms with Crippen molar-refractivity contribution in [2.45, 2.75) is 13.5 Å². The first-order valence-electron chi connectivity index (χ1n) is 5.69. The van der Waals surface area contributed by atoms with E-state index < -0.39 is 0 Å². The predicted molar refractivity (Wildman–Crippen MR) is 77.8 cm³/mol. The van der Waals surface area contributed by atoms with Crippen LogP contribution in [-0.2, 0) is 6.54 Å². The van der Waals surface area contributed by atoms with Crippen LogP contribution in [0.1, 0.15) is 11.1 Å². The van der Waals surface area contributed by atoms with Crippen LogP contribution in [0.2, 0.25) is 0 Å². The summed E-state index contributed by atoms with van der Waals surface area (Å²) in [6, 6.07) is 8.13. The summed E-state index contributed by atoms with van der Waals surface area (Å²) in [5.41, 5.74) is 2.22. The van der Waals surface area contributed by atoms with Gasteiger partial charge in [0.05, 0.1) is 0 Å². The van der Waals surface area contributed by atoms with Gasteiger partial charge in [-0.1, -0.05) is 34.1 Å². The maximum atomic E-state index is 4.25. The average Bonchev–Trinajstić information content (AvgIpc) is 2.39. The lowest BCUT2D eigenvalue weighted by Crippen LogP contribution is -2.06. The van der Waals surface area contributed by atoms with Gasteiger partial charge in [0.15, 0.2) is 0 Å². The molecule has 2 rings (SSSR count). The number of anilines is 2. The molecule has 0 bridgehead atoms. The van der Waals surface area contributed by atoms with Crippen LogP contribution in [0, 0.1) is 6.92 Å². The number of nitrogens with zero attached hydrogens (tertiary/aromatic N) is 2. The van der Waals surface area contributed by atoms with E-state index in [0.717, 1.165) is 28.2 Å². The van der Waals surface area contributed by atoms with Crippen LogP contribution in [0.4, 0.5) is 11.6 Å². The molecule has 0 fully saturated rings. The number of hydrogen-bond acceptors (Lipinski definition) is 4. The number of benzene rings is 1. The second kappa shape index (κ2) is 5.82. The van der Waals surface area contributed by atoms with Gasteiger partial charge in [0.2, 0.25) is 0 Å². The summed E-state index contributed by atoms with van der Waals surface area (Å²) in [6.45, 7) is 2.72. The Labute approximate surface area is 115 Å². The molecular weight excluding hydrogens is 292 g/mol. The number of hydrogen-bond donors (Lipinski definition) is 2. The van der Waals surface area contributed by atoms with E-state index in [4.69, 9.17) is 0 Å². The van der Waals surface area contributed by atoms with E-state index in [1.54, 1.807) is 6.33 Å². The van der Waals surface area contributed by atoms with Gasteiger partial charge in [-0.3, -0.25) is 0 Å². The molecule has 0 atom stereocenters. The summed E-state index contributed by atoms with van der Waals surface area (Å²) in [7, 11) is 1.85. The first-order valence-corrected chi connectivity index (χ1v) is 6.48. The molecule has 0 radical (unpaired) electrons. The van der Waals surface area contributed by atoms with E-state index in [0.29, 0.717) is 0 Å². The fourth-order valence-electron chi connectivity index (χ4n) is 1.70. The number of halogens is 1. The monoisotopic (exact) mass is 306 g/mol. The van der Waals surface area contributed by atoms with Crippen LogP contribution in [0.15, 0.2) is 35.1 Å². The normalized spacial score (nSPS) is 10.2. The SMILES string of the molecule is CNc1ncnc(NCc2ccccc2Br)c1C. The molecule has 0 unspecified atom stereocenters. The van der Waals surface area contributed by atoms with Crippen molar-refractivity contribution in [3.8, 4) is 0 Å². The minimum Gasteiger partial charge on any atom is -0.373 e. The smallest absolute Gasteiger partial charge is 0.134 e. The van der Waals surface area contributed by atoms with Gasteiger partial charge in [0.1, 0.15) is 18.0 Å². The van der Waals surface area contributed by atoms with Gasteiger partial charge < -0.3 is 10.6 Å². The molecule has 5 heteroatoms. The van der Waals surface area contributed by atoms with Gasteiger partial charge in [0.25, 0.3) is 0 Å². The topological polar surface area (TPSA) is 49.8 Å². The van der Waals surface area contributed by atoms with E-state index >= 15 is 0 Å². The van der Waals surface area contributed by atoms with Gasteiger partial charge in [0, 0.05) is 23.6 Å². The molecule has 0 aliphatic carbocycles. The van der Waals surface area contributed by atoms with Crippen molar-refractivity contribution in [2.75, 3.05) is 17.7 Å². The molecule has 0 aliphatic heterocycles. The van der Waals surface area contributed by atoms with Crippen molar-refractivity contribution in [1.29, 1.82) is 0 Å². The molecule has 0 saturated carbocycles. The third-order valence-corrected chi connectivity index (χ3v) is 3.50. The molecule has 1 heterocycles. The van der Waals surface area contributed by atoms with Crippen molar-refractivity contribution in [3.63, 3.8) is 0 Å². The van der Waals surface area contributed by atoms with Crippen LogP contribution in [-0.4, -0.2) is 17.0 Å². The molecule has 1 aromatic carbocycles. The molecule has 18 heavy (non-hydrogen) atoms. The fraction of sp³-hybridized carbons (Fsp3) is 0.231. The van der Waals surface area contributed by atoms with Crippen molar-refractivity contribution in [3.05, 3.63) is 46.2 Å². The Hall–Kier alpha value is -1.62. The van der Waals surface area contributed by atoms with E-state index in [1.807, 2.05) is 32.2 Å². The lowest BCUT2D eigenvalue weighted by molar-refractivity contribution is 1.05. The zero-order chi connectivity index (χ0) is 13.0. The van der Waals surface area contributed by atoms with E-state index in [-0.39, 0.29) is 0 Å². The van der Waals surface area contributed by atoms with Crippen LogP contribution in [0.25, 0.3) is 0 Å². The first kappa shape index (κ1) is 12.8. The van der Waals surface area contributed by atoms with Crippen molar-refractivity contribution < 1.29 is 0 Å². The largest absolute Gasteiger partial charge is 0.373 e. The Morgan fingerprint density at radius 2 is 1.89 bits per heavy atom. The zero-order valence-electron chi connectivity index (χ0n) is 10.4. The van der Waals surface area contributed by atoms with Crippen LogP contribution in [0.3, 0.4) is 0 Å². The fourth-order valence-corrected chi connectivity index (χ4v) is 2.13. The van der Waals surface area contributed by atoms with Crippen LogP contribution >= 0.6 is 15.9 Å². The van der Waals surface area contributed by atoms with Gasteiger partial charge >= 0.3 is 0 Å². The lowest BCUT2D eigenvalue weighted by atomic mass is 10.2. The van der Waals surface area contributed by atoms with Gasteiger partial charge in [-0.2, -0.15) is 0 Å². The molecule has 4 nitrogen and oxygen atoms in total. The second-order valence-corrected chi connectivity index (χ2v) is 4.75. The third kappa shape index (κ3) is 2.79. The van der Waals surface area contributed by atoms with Gasteiger partial charge in [-0.25, -0.2) is 9.97 Å². The zero-order valence-corrected chi connectivity index (χ0v) is 12.0. The lowest BCUT2D eigenvalue weighted by Gasteiger charge is -2.11. The highest BCUT2D eigenvalue weighted by Gasteiger charge is 2.05. The molecule has 1 aromatic heterocycles. The van der Waals surface area contributed by atoms with E-state index in [2.05, 4.69) is 42.6 Å². The standard InChI is InChI=1S/C13H15BrN4/c1-9-12(15-2)17-8-18-13(9)16-7-10-5-3-4-6-11(10)14/h3-6,8H,7H2,1-2H3,(H2,15,16,17,18). The van der Waals surface area contributed by atoms with Crippen molar-refractivity contribution in [1.82, 2.24) is 9.97 Å². The molecule has 0 spiro atoms. The highest BCUT2D eigenvalue weighted by atomic mass is 79.9. The molecule has 2 N–H and O–H groups in total. The minimum atomic E-state index is 0.725. The predicted octanol–water partition coefficient (Wildman–Crippen LogP) is 3.20. The summed E-state index contributed by atoms with van der Waals surface area (Å²) in [5, 5.41) is 6.37. The van der Waals surface area contributed by atoms with Crippen molar-refractivity contribution in [2.24, 2.45) is 0 Å². The number of rotatable bonds is 4. The molecular formula is C13H15BrN4. The number of aromatic nitrogens is 2. The molecule has 94 valence electrons. The Balaban J connectivity index is 2.14. The molecule has 0 saturated heterocycles. The Morgan fingerprint density at radius 1 is 1.17 bits per heavy atom.